The second-order valence-corrected chi connectivity index (χ2v) is 6.16. The zero-order chi connectivity index (χ0) is 18.7. The molecule has 0 unspecified atom stereocenters. The predicted molar refractivity (Wildman–Crippen MR) is 100 cm³/mol. The van der Waals surface area contributed by atoms with Crippen LogP contribution in [0.1, 0.15) is 32.9 Å². The van der Waals surface area contributed by atoms with E-state index < -0.39 is 0 Å². The van der Waals surface area contributed by atoms with E-state index in [-0.39, 0.29) is 5.91 Å². The third-order valence-electron chi connectivity index (χ3n) is 4.14. The smallest absolute Gasteiger partial charge is 0.255 e. The van der Waals surface area contributed by atoms with Gasteiger partial charge in [-0.05, 0) is 62.7 Å². The van der Waals surface area contributed by atoms with Crippen molar-refractivity contribution in [3.63, 3.8) is 0 Å². The molecular weight excluding hydrogens is 330 g/mol. The maximum atomic E-state index is 12.4. The highest BCUT2D eigenvalue weighted by Gasteiger charge is 2.11. The standard InChI is InChI=1S/C20H21N3O3/c1-12-4-9-19(18(21)10-12)22-20(24)15-5-7-16(8-6-15)25-11-17-13(2)23-26-14(17)3/h4-10H,11,21H2,1-3H3,(H,22,24). The summed E-state index contributed by atoms with van der Waals surface area (Å²) in [5.41, 5.74) is 10.4. The van der Waals surface area contributed by atoms with Gasteiger partial charge in [-0.2, -0.15) is 0 Å². The lowest BCUT2D eigenvalue weighted by Gasteiger charge is -2.10. The molecule has 0 aliphatic heterocycles. The number of nitrogens with zero attached hydrogens (tertiary/aromatic N) is 1. The van der Waals surface area contributed by atoms with Gasteiger partial charge in [0.05, 0.1) is 22.6 Å². The molecule has 134 valence electrons. The molecular formula is C20H21N3O3. The van der Waals surface area contributed by atoms with E-state index in [4.69, 9.17) is 15.0 Å². The van der Waals surface area contributed by atoms with Gasteiger partial charge in [-0.15, -0.1) is 0 Å². The van der Waals surface area contributed by atoms with Gasteiger partial charge in [0, 0.05) is 5.56 Å². The van der Waals surface area contributed by atoms with Crippen molar-refractivity contribution in [2.24, 2.45) is 0 Å². The fraction of sp³-hybridized carbons (Fsp3) is 0.200. The Morgan fingerprint density at radius 2 is 1.88 bits per heavy atom. The monoisotopic (exact) mass is 351 g/mol. The number of carbonyl (C=O) groups is 1. The van der Waals surface area contributed by atoms with E-state index in [1.807, 2.05) is 32.9 Å². The summed E-state index contributed by atoms with van der Waals surface area (Å²) in [5, 5.41) is 6.72. The number of amides is 1. The van der Waals surface area contributed by atoms with Crippen LogP contribution in [0.25, 0.3) is 0 Å². The summed E-state index contributed by atoms with van der Waals surface area (Å²) in [6.45, 7) is 6.04. The summed E-state index contributed by atoms with van der Waals surface area (Å²) >= 11 is 0. The number of benzene rings is 2. The third-order valence-corrected chi connectivity index (χ3v) is 4.14. The van der Waals surface area contributed by atoms with E-state index >= 15 is 0 Å². The van der Waals surface area contributed by atoms with Crippen molar-refractivity contribution in [2.75, 3.05) is 11.1 Å². The molecule has 6 heteroatoms. The van der Waals surface area contributed by atoms with Gasteiger partial charge in [0.1, 0.15) is 18.1 Å². The molecule has 1 amide bonds. The first-order valence-corrected chi connectivity index (χ1v) is 8.26. The summed E-state index contributed by atoms with van der Waals surface area (Å²) in [6, 6.07) is 12.4. The van der Waals surface area contributed by atoms with Crippen molar-refractivity contribution >= 4 is 17.3 Å². The fourth-order valence-electron chi connectivity index (χ4n) is 2.56. The summed E-state index contributed by atoms with van der Waals surface area (Å²) in [7, 11) is 0. The van der Waals surface area contributed by atoms with E-state index in [2.05, 4.69) is 10.5 Å². The number of nitrogens with two attached hydrogens (primary N) is 1. The van der Waals surface area contributed by atoms with Crippen LogP contribution in [0.5, 0.6) is 5.75 Å². The number of rotatable bonds is 5. The molecule has 26 heavy (non-hydrogen) atoms. The molecule has 0 bridgehead atoms. The van der Waals surface area contributed by atoms with Crippen molar-refractivity contribution in [3.8, 4) is 5.75 Å². The quantitative estimate of drug-likeness (QED) is 0.678. The second kappa shape index (κ2) is 7.31. The number of aromatic nitrogens is 1. The number of nitrogens with one attached hydrogen (secondary N) is 1. The Morgan fingerprint density at radius 1 is 1.15 bits per heavy atom. The minimum atomic E-state index is -0.224. The lowest BCUT2D eigenvalue weighted by molar-refractivity contribution is 0.102. The highest BCUT2D eigenvalue weighted by molar-refractivity contribution is 6.05. The minimum absolute atomic E-state index is 0.224. The summed E-state index contributed by atoms with van der Waals surface area (Å²) in [6.07, 6.45) is 0. The van der Waals surface area contributed by atoms with Gasteiger partial charge >= 0.3 is 0 Å². The van der Waals surface area contributed by atoms with E-state index in [9.17, 15) is 4.79 Å². The molecule has 2 aromatic carbocycles. The molecule has 0 spiro atoms. The van der Waals surface area contributed by atoms with Crippen LogP contribution in [0, 0.1) is 20.8 Å². The molecule has 0 saturated carbocycles. The average Bonchev–Trinajstić information content (AvgIpc) is 2.94. The van der Waals surface area contributed by atoms with Gasteiger partial charge in [-0.25, -0.2) is 0 Å². The molecule has 0 radical (unpaired) electrons. The van der Waals surface area contributed by atoms with Crippen molar-refractivity contribution in [1.82, 2.24) is 5.16 Å². The molecule has 0 aliphatic rings. The SMILES string of the molecule is Cc1ccc(NC(=O)c2ccc(OCc3c(C)noc3C)cc2)c(N)c1. The van der Waals surface area contributed by atoms with Crippen LogP contribution in [-0.4, -0.2) is 11.1 Å². The average molecular weight is 351 g/mol. The second-order valence-electron chi connectivity index (χ2n) is 6.16. The Hall–Kier alpha value is -3.28. The molecule has 0 aliphatic carbocycles. The molecule has 3 aromatic rings. The molecule has 3 N–H and O–H groups in total. The number of ether oxygens (including phenoxy) is 1. The van der Waals surface area contributed by atoms with Crippen LogP contribution in [0.15, 0.2) is 47.0 Å². The topological polar surface area (TPSA) is 90.4 Å². The lowest BCUT2D eigenvalue weighted by atomic mass is 10.1. The van der Waals surface area contributed by atoms with E-state index in [0.29, 0.717) is 29.3 Å². The van der Waals surface area contributed by atoms with Crippen molar-refractivity contribution in [2.45, 2.75) is 27.4 Å². The Labute approximate surface area is 152 Å². The van der Waals surface area contributed by atoms with Crippen LogP contribution < -0.4 is 15.8 Å². The minimum Gasteiger partial charge on any atom is -0.489 e. The van der Waals surface area contributed by atoms with Crippen LogP contribution >= 0.6 is 0 Å². The van der Waals surface area contributed by atoms with Crippen molar-refractivity contribution < 1.29 is 14.1 Å². The summed E-state index contributed by atoms with van der Waals surface area (Å²) in [4.78, 5) is 12.4. The highest BCUT2D eigenvalue weighted by Crippen LogP contribution is 2.21. The maximum absolute atomic E-state index is 12.4. The maximum Gasteiger partial charge on any atom is 0.255 e. The van der Waals surface area contributed by atoms with Crippen molar-refractivity contribution in [3.05, 3.63) is 70.6 Å². The largest absolute Gasteiger partial charge is 0.489 e. The van der Waals surface area contributed by atoms with Crippen LogP contribution in [0.4, 0.5) is 11.4 Å². The van der Waals surface area contributed by atoms with Crippen LogP contribution in [0.2, 0.25) is 0 Å². The number of anilines is 2. The lowest BCUT2D eigenvalue weighted by Crippen LogP contribution is -2.13. The van der Waals surface area contributed by atoms with Crippen LogP contribution in [-0.2, 0) is 6.61 Å². The van der Waals surface area contributed by atoms with E-state index in [0.717, 1.165) is 22.6 Å². The van der Waals surface area contributed by atoms with Gasteiger partial charge in [0.2, 0.25) is 0 Å². The summed E-state index contributed by atoms with van der Waals surface area (Å²) in [5.74, 6) is 1.18. The molecule has 0 atom stereocenters. The predicted octanol–water partition coefficient (Wildman–Crippen LogP) is 4.01. The first kappa shape index (κ1) is 17.5. The number of hydrogen-bond acceptors (Lipinski definition) is 5. The fourth-order valence-corrected chi connectivity index (χ4v) is 2.56. The zero-order valence-electron chi connectivity index (χ0n) is 15.0. The molecule has 1 heterocycles. The molecule has 3 rings (SSSR count). The number of aryl methyl sites for hydroxylation is 3. The van der Waals surface area contributed by atoms with Crippen molar-refractivity contribution in [1.29, 1.82) is 0 Å². The zero-order valence-corrected chi connectivity index (χ0v) is 15.0. The molecule has 1 aromatic heterocycles. The number of nitrogen functional groups attached to an aromatic ring is 1. The van der Waals surface area contributed by atoms with Gasteiger partial charge in [0.25, 0.3) is 5.91 Å². The Kier molecular flexibility index (Phi) is 4.93. The number of carbonyl (C=O) groups excluding carboxylic acids is 1. The Morgan fingerprint density at radius 3 is 2.50 bits per heavy atom. The first-order valence-electron chi connectivity index (χ1n) is 8.26. The van der Waals surface area contributed by atoms with Crippen LogP contribution in [0.3, 0.4) is 0 Å². The Balaban J connectivity index is 1.64. The van der Waals surface area contributed by atoms with E-state index in [1.165, 1.54) is 0 Å². The first-order chi connectivity index (χ1) is 12.4. The highest BCUT2D eigenvalue weighted by atomic mass is 16.5. The normalized spacial score (nSPS) is 10.6. The summed E-state index contributed by atoms with van der Waals surface area (Å²) < 4.78 is 10.9. The van der Waals surface area contributed by atoms with Gasteiger partial charge in [-0.3, -0.25) is 4.79 Å². The molecule has 6 nitrogen and oxygen atoms in total. The Bertz CT molecular complexity index is 910. The van der Waals surface area contributed by atoms with Gasteiger partial charge < -0.3 is 20.3 Å². The van der Waals surface area contributed by atoms with Gasteiger partial charge in [0.15, 0.2) is 0 Å². The van der Waals surface area contributed by atoms with Gasteiger partial charge in [-0.1, -0.05) is 11.2 Å². The third kappa shape index (κ3) is 3.85. The van der Waals surface area contributed by atoms with E-state index in [1.54, 1.807) is 30.3 Å². The molecule has 0 saturated heterocycles. The molecule has 0 fully saturated rings. The number of hydrogen-bond donors (Lipinski definition) is 2.